The van der Waals surface area contributed by atoms with Gasteiger partial charge in [-0.3, -0.25) is 9.59 Å². The molecule has 0 fully saturated rings. The molecule has 0 bridgehead atoms. The van der Waals surface area contributed by atoms with E-state index in [0.29, 0.717) is 30.8 Å². The molecule has 0 radical (unpaired) electrons. The summed E-state index contributed by atoms with van der Waals surface area (Å²) in [6.45, 7) is 1.35. The van der Waals surface area contributed by atoms with Crippen molar-refractivity contribution in [1.82, 2.24) is 10.6 Å². The summed E-state index contributed by atoms with van der Waals surface area (Å²) in [5.41, 5.74) is 0.723. The topological polar surface area (TPSA) is 70.2 Å². The number of hydrogen-bond donors (Lipinski definition) is 3. The minimum absolute atomic E-state index is 0.0309. The number of hydrogen-bond acceptors (Lipinski definition) is 3. The van der Waals surface area contributed by atoms with Crippen molar-refractivity contribution in [3.8, 4) is 0 Å². The third kappa shape index (κ3) is 8.32. The SMILES string of the molecule is CNCCCC(=O)NCCCC(=O)Nc1ccc(Cl)cc1. The van der Waals surface area contributed by atoms with E-state index in [1.807, 2.05) is 7.05 Å². The number of carbonyl (C=O) groups excluding carboxylic acids is 2. The highest BCUT2D eigenvalue weighted by Crippen LogP contribution is 2.13. The maximum atomic E-state index is 11.7. The van der Waals surface area contributed by atoms with Crippen LogP contribution in [0.25, 0.3) is 0 Å². The average molecular weight is 312 g/mol. The van der Waals surface area contributed by atoms with E-state index in [-0.39, 0.29) is 11.8 Å². The number of nitrogens with one attached hydrogen (secondary N) is 3. The predicted octanol–water partition coefficient (Wildman–Crippen LogP) is 2.17. The molecule has 2 amide bonds. The highest BCUT2D eigenvalue weighted by atomic mass is 35.5. The quantitative estimate of drug-likeness (QED) is 0.612. The normalized spacial score (nSPS) is 10.2. The highest BCUT2D eigenvalue weighted by molar-refractivity contribution is 6.30. The molecule has 0 aliphatic heterocycles. The molecule has 0 atom stereocenters. The van der Waals surface area contributed by atoms with Crippen LogP contribution < -0.4 is 16.0 Å². The number of benzene rings is 1. The van der Waals surface area contributed by atoms with Crippen molar-refractivity contribution in [2.75, 3.05) is 25.5 Å². The number of amides is 2. The monoisotopic (exact) mass is 311 g/mol. The molecular formula is C15H22ClN3O2. The van der Waals surface area contributed by atoms with Crippen LogP contribution in [0, 0.1) is 0 Å². The largest absolute Gasteiger partial charge is 0.356 e. The van der Waals surface area contributed by atoms with Gasteiger partial charge in [-0.2, -0.15) is 0 Å². The second-order valence-corrected chi connectivity index (χ2v) is 5.15. The third-order valence-corrected chi connectivity index (χ3v) is 3.11. The molecule has 5 nitrogen and oxygen atoms in total. The molecule has 1 aromatic rings. The van der Waals surface area contributed by atoms with Crippen LogP contribution in [0.2, 0.25) is 5.02 Å². The van der Waals surface area contributed by atoms with E-state index in [9.17, 15) is 9.59 Å². The van der Waals surface area contributed by atoms with Crippen molar-refractivity contribution >= 4 is 29.1 Å². The van der Waals surface area contributed by atoms with Crippen LogP contribution >= 0.6 is 11.6 Å². The summed E-state index contributed by atoms with van der Waals surface area (Å²) >= 11 is 5.77. The Labute approximate surface area is 130 Å². The first kappa shape index (κ1) is 17.5. The number of rotatable bonds is 9. The summed E-state index contributed by atoms with van der Waals surface area (Å²) in [6.07, 6.45) is 2.33. The molecule has 0 saturated heterocycles. The average Bonchev–Trinajstić information content (AvgIpc) is 2.46. The molecule has 1 rings (SSSR count). The molecule has 1 aromatic carbocycles. The van der Waals surface area contributed by atoms with E-state index in [4.69, 9.17) is 11.6 Å². The van der Waals surface area contributed by atoms with Gasteiger partial charge in [-0.1, -0.05) is 11.6 Å². The summed E-state index contributed by atoms with van der Waals surface area (Å²) in [4.78, 5) is 23.1. The number of halogens is 1. The van der Waals surface area contributed by atoms with Gasteiger partial charge in [-0.15, -0.1) is 0 Å². The molecule has 0 unspecified atom stereocenters. The van der Waals surface area contributed by atoms with Gasteiger partial charge < -0.3 is 16.0 Å². The summed E-state index contributed by atoms with van der Waals surface area (Å²) < 4.78 is 0. The molecule has 21 heavy (non-hydrogen) atoms. The van der Waals surface area contributed by atoms with Crippen LogP contribution in [-0.4, -0.2) is 32.0 Å². The van der Waals surface area contributed by atoms with Crippen LogP contribution in [0.1, 0.15) is 25.7 Å². The van der Waals surface area contributed by atoms with Crippen molar-refractivity contribution in [2.24, 2.45) is 0 Å². The lowest BCUT2D eigenvalue weighted by molar-refractivity contribution is -0.121. The molecule has 0 heterocycles. The smallest absolute Gasteiger partial charge is 0.224 e. The van der Waals surface area contributed by atoms with Gasteiger partial charge in [0.1, 0.15) is 0 Å². The van der Waals surface area contributed by atoms with E-state index in [2.05, 4.69) is 16.0 Å². The van der Waals surface area contributed by atoms with Gasteiger partial charge in [-0.05, 0) is 50.7 Å². The maximum absolute atomic E-state index is 11.7. The van der Waals surface area contributed by atoms with Crippen LogP contribution in [0.5, 0.6) is 0 Å². The molecular weight excluding hydrogens is 290 g/mol. The van der Waals surface area contributed by atoms with E-state index >= 15 is 0 Å². The zero-order chi connectivity index (χ0) is 15.5. The van der Waals surface area contributed by atoms with Crippen LogP contribution in [0.3, 0.4) is 0 Å². The van der Waals surface area contributed by atoms with Gasteiger partial charge >= 0.3 is 0 Å². The molecule has 0 spiro atoms. The highest BCUT2D eigenvalue weighted by Gasteiger charge is 2.04. The molecule has 3 N–H and O–H groups in total. The van der Waals surface area contributed by atoms with Crippen LogP contribution in [0.15, 0.2) is 24.3 Å². The summed E-state index contributed by atoms with van der Waals surface area (Å²) in [5.74, 6) is -0.0369. The van der Waals surface area contributed by atoms with Gasteiger partial charge in [0.2, 0.25) is 11.8 Å². The number of carbonyl (C=O) groups is 2. The molecule has 116 valence electrons. The van der Waals surface area contributed by atoms with Crippen molar-refractivity contribution in [1.29, 1.82) is 0 Å². The van der Waals surface area contributed by atoms with E-state index in [0.717, 1.165) is 18.7 Å². The zero-order valence-electron chi connectivity index (χ0n) is 12.2. The Morgan fingerprint density at radius 1 is 1.00 bits per heavy atom. The van der Waals surface area contributed by atoms with Gasteiger partial charge in [0, 0.05) is 30.1 Å². The second kappa shape index (κ2) is 10.2. The molecule has 0 aromatic heterocycles. The fourth-order valence-electron chi connectivity index (χ4n) is 1.75. The lowest BCUT2D eigenvalue weighted by Gasteiger charge is -2.06. The minimum atomic E-state index is -0.0678. The predicted molar refractivity (Wildman–Crippen MR) is 85.5 cm³/mol. The summed E-state index contributed by atoms with van der Waals surface area (Å²) in [6, 6.07) is 6.96. The van der Waals surface area contributed by atoms with Gasteiger partial charge in [0.05, 0.1) is 0 Å². The molecule has 6 heteroatoms. The Bertz CT molecular complexity index is 449. The van der Waals surface area contributed by atoms with Crippen molar-refractivity contribution in [2.45, 2.75) is 25.7 Å². The first-order valence-electron chi connectivity index (χ1n) is 7.08. The molecule has 0 saturated carbocycles. The summed E-state index contributed by atoms with van der Waals surface area (Å²) in [5, 5.41) is 9.21. The Kier molecular flexibility index (Phi) is 8.47. The molecule has 0 aliphatic rings. The maximum Gasteiger partial charge on any atom is 0.224 e. The standard InChI is InChI=1S/C15H22ClN3O2/c1-17-10-2-4-14(20)18-11-3-5-15(21)19-13-8-6-12(16)7-9-13/h6-9,17H,2-5,10-11H2,1H3,(H,18,20)(H,19,21). The Morgan fingerprint density at radius 3 is 2.29 bits per heavy atom. The molecule has 0 aliphatic carbocycles. The van der Waals surface area contributed by atoms with Crippen molar-refractivity contribution in [3.05, 3.63) is 29.3 Å². The Hall–Kier alpha value is -1.59. The van der Waals surface area contributed by atoms with Gasteiger partial charge in [-0.25, -0.2) is 0 Å². The lowest BCUT2D eigenvalue weighted by atomic mass is 10.2. The lowest BCUT2D eigenvalue weighted by Crippen LogP contribution is -2.26. The van der Waals surface area contributed by atoms with E-state index in [1.165, 1.54) is 0 Å². The van der Waals surface area contributed by atoms with Crippen molar-refractivity contribution in [3.63, 3.8) is 0 Å². The Morgan fingerprint density at radius 2 is 1.62 bits per heavy atom. The Balaban J connectivity index is 2.10. The first-order valence-corrected chi connectivity index (χ1v) is 7.46. The first-order chi connectivity index (χ1) is 10.1. The van der Waals surface area contributed by atoms with Crippen LogP contribution in [0.4, 0.5) is 5.69 Å². The van der Waals surface area contributed by atoms with Crippen molar-refractivity contribution < 1.29 is 9.59 Å². The van der Waals surface area contributed by atoms with E-state index in [1.54, 1.807) is 24.3 Å². The van der Waals surface area contributed by atoms with Crippen LogP contribution in [-0.2, 0) is 9.59 Å². The fourth-order valence-corrected chi connectivity index (χ4v) is 1.87. The second-order valence-electron chi connectivity index (χ2n) is 4.72. The minimum Gasteiger partial charge on any atom is -0.356 e. The zero-order valence-corrected chi connectivity index (χ0v) is 13.0. The van der Waals surface area contributed by atoms with Gasteiger partial charge in [0.25, 0.3) is 0 Å². The van der Waals surface area contributed by atoms with E-state index < -0.39 is 0 Å². The summed E-state index contributed by atoms with van der Waals surface area (Å²) in [7, 11) is 1.86. The fraction of sp³-hybridized carbons (Fsp3) is 0.467. The van der Waals surface area contributed by atoms with Gasteiger partial charge in [0.15, 0.2) is 0 Å². The third-order valence-electron chi connectivity index (χ3n) is 2.86. The number of anilines is 1.